The van der Waals surface area contributed by atoms with Gasteiger partial charge in [0.1, 0.15) is 5.60 Å². The molecule has 31 heavy (non-hydrogen) atoms. The highest BCUT2D eigenvalue weighted by Gasteiger charge is 2.81. The second-order valence-electron chi connectivity index (χ2n) is 11.0. The van der Waals surface area contributed by atoms with E-state index < -0.39 is 63.6 Å². The maximum Gasteiger partial charge on any atom is 0.306 e. The molecular weight excluding hydrogens is 400 g/mol. The quantitative estimate of drug-likeness (QED) is 0.456. The highest BCUT2D eigenvalue weighted by molar-refractivity contribution is 5.92. The summed E-state index contributed by atoms with van der Waals surface area (Å²) in [5, 5.41) is 35.1. The Balaban J connectivity index is 2.28. The van der Waals surface area contributed by atoms with Gasteiger partial charge in [0.2, 0.25) is 0 Å². The van der Waals surface area contributed by atoms with Crippen molar-refractivity contribution in [3.05, 3.63) is 12.7 Å². The Kier molecular flexibility index (Phi) is 5.79. The molecule has 0 bridgehead atoms. The first-order chi connectivity index (χ1) is 14.1. The Hall–Kier alpha value is -1.28. The Morgan fingerprint density at radius 3 is 2.42 bits per heavy atom. The van der Waals surface area contributed by atoms with Gasteiger partial charge in [-0.05, 0) is 38.5 Å². The number of aliphatic hydroxyl groups excluding tert-OH is 2. The average molecular weight is 439 g/mol. The largest absolute Gasteiger partial charge is 0.456 e. The summed E-state index contributed by atoms with van der Waals surface area (Å²) in [7, 11) is 0. The predicted molar refractivity (Wildman–Crippen MR) is 114 cm³/mol. The smallest absolute Gasteiger partial charge is 0.306 e. The van der Waals surface area contributed by atoms with Crippen LogP contribution in [0.1, 0.15) is 73.6 Å². The summed E-state index contributed by atoms with van der Waals surface area (Å²) >= 11 is 0. The molecule has 7 heteroatoms. The fourth-order valence-electron chi connectivity index (χ4n) is 6.88. The molecule has 1 aliphatic heterocycles. The van der Waals surface area contributed by atoms with Gasteiger partial charge in [0.05, 0.1) is 17.8 Å². The number of hydrogen-bond donors (Lipinski definition) is 3. The predicted octanol–water partition coefficient (Wildman–Crippen LogP) is 2.30. The molecule has 3 N–H and O–H groups in total. The first kappa shape index (κ1) is 24.4. The number of ketones is 1. The zero-order chi connectivity index (χ0) is 23.6. The van der Waals surface area contributed by atoms with Gasteiger partial charge in [-0.2, -0.15) is 0 Å². The summed E-state index contributed by atoms with van der Waals surface area (Å²) in [5.74, 6) is -1.74. The van der Waals surface area contributed by atoms with Crippen molar-refractivity contribution < 1.29 is 34.4 Å². The van der Waals surface area contributed by atoms with Crippen LogP contribution < -0.4 is 0 Å². The van der Waals surface area contributed by atoms with Gasteiger partial charge in [0.25, 0.3) is 0 Å². The molecule has 0 aromatic carbocycles. The highest BCUT2D eigenvalue weighted by atomic mass is 16.6. The van der Waals surface area contributed by atoms with E-state index in [1.54, 1.807) is 13.8 Å². The monoisotopic (exact) mass is 438 g/mol. The molecule has 2 saturated carbocycles. The maximum atomic E-state index is 13.7. The molecule has 2 aliphatic carbocycles. The molecule has 0 aromatic heterocycles. The van der Waals surface area contributed by atoms with E-state index in [9.17, 15) is 24.9 Å². The second-order valence-corrected chi connectivity index (χ2v) is 11.0. The molecule has 0 amide bonds. The fraction of sp³-hybridized carbons (Fsp3) is 0.833. The number of carbonyl (C=O) groups is 2. The van der Waals surface area contributed by atoms with Gasteiger partial charge < -0.3 is 24.8 Å². The summed E-state index contributed by atoms with van der Waals surface area (Å²) < 4.78 is 12.1. The van der Waals surface area contributed by atoms with Gasteiger partial charge in [-0.3, -0.25) is 9.59 Å². The number of rotatable bonds is 4. The molecule has 0 spiro atoms. The molecule has 1 saturated heterocycles. The summed E-state index contributed by atoms with van der Waals surface area (Å²) in [4.78, 5) is 26.2. The first-order valence-electron chi connectivity index (χ1n) is 11.3. The standard InChI is InChI=1S/C24H38O7/c1-8-10-16(27)30-19-17(28)18-20(3,4)12-11-14(25)22(18,6)24(29)15(26)13-21(5,9-2)31-23(19,24)7/h9,14,17-19,25,28-29H,2,8,10-13H2,1,3-7H3/t14-,17?,18-,19?,21-,22?,23+,24-/m0/s1. The summed E-state index contributed by atoms with van der Waals surface area (Å²) in [6.07, 6.45) is -0.575. The minimum absolute atomic E-state index is 0.135. The van der Waals surface area contributed by atoms with E-state index in [2.05, 4.69) is 6.58 Å². The summed E-state index contributed by atoms with van der Waals surface area (Å²) in [6.45, 7) is 14.4. The molecule has 1 heterocycles. The van der Waals surface area contributed by atoms with Gasteiger partial charge in [-0.15, -0.1) is 6.58 Å². The van der Waals surface area contributed by atoms with E-state index in [4.69, 9.17) is 9.47 Å². The van der Waals surface area contributed by atoms with Crippen LogP contribution in [-0.2, 0) is 19.1 Å². The SMILES string of the molecule is C=C[C@@]1(C)CC(=O)[C@]2(O)C3(C)[C@@H](O)CCC(C)(C)[C@@H]3C(O)C(OC(=O)CCC)[C@@]2(C)O1. The van der Waals surface area contributed by atoms with E-state index in [1.807, 2.05) is 20.8 Å². The molecular formula is C24H38O7. The lowest BCUT2D eigenvalue weighted by Gasteiger charge is -2.71. The molecule has 176 valence electrons. The van der Waals surface area contributed by atoms with Crippen LogP contribution in [0.4, 0.5) is 0 Å². The van der Waals surface area contributed by atoms with Gasteiger partial charge >= 0.3 is 5.97 Å². The number of ether oxygens (including phenoxy) is 2. The zero-order valence-corrected chi connectivity index (χ0v) is 19.6. The lowest BCUT2D eigenvalue weighted by atomic mass is 9.40. The number of aliphatic hydroxyl groups is 3. The Morgan fingerprint density at radius 1 is 1.26 bits per heavy atom. The molecule has 0 radical (unpaired) electrons. The minimum Gasteiger partial charge on any atom is -0.456 e. The Morgan fingerprint density at radius 2 is 1.87 bits per heavy atom. The van der Waals surface area contributed by atoms with E-state index in [0.29, 0.717) is 19.3 Å². The van der Waals surface area contributed by atoms with Crippen LogP contribution in [0.3, 0.4) is 0 Å². The average Bonchev–Trinajstić information content (AvgIpc) is 2.66. The van der Waals surface area contributed by atoms with E-state index in [1.165, 1.54) is 13.0 Å². The third-order valence-corrected chi connectivity index (χ3v) is 8.44. The van der Waals surface area contributed by atoms with Crippen LogP contribution in [0.25, 0.3) is 0 Å². The van der Waals surface area contributed by atoms with Crippen molar-refractivity contribution >= 4 is 11.8 Å². The van der Waals surface area contributed by atoms with Crippen molar-refractivity contribution in [3.8, 4) is 0 Å². The van der Waals surface area contributed by atoms with Crippen molar-refractivity contribution in [1.29, 1.82) is 0 Å². The molecule has 3 fully saturated rings. The Bertz CT molecular complexity index is 778. The summed E-state index contributed by atoms with van der Waals surface area (Å²) in [6, 6.07) is 0. The van der Waals surface area contributed by atoms with Gasteiger partial charge in [0.15, 0.2) is 17.5 Å². The van der Waals surface area contributed by atoms with Crippen LogP contribution >= 0.6 is 0 Å². The van der Waals surface area contributed by atoms with Crippen molar-refractivity contribution in [3.63, 3.8) is 0 Å². The van der Waals surface area contributed by atoms with Crippen LogP contribution in [0.5, 0.6) is 0 Å². The van der Waals surface area contributed by atoms with Crippen molar-refractivity contribution in [2.45, 2.75) is 109 Å². The van der Waals surface area contributed by atoms with Crippen molar-refractivity contribution in [2.75, 3.05) is 0 Å². The second kappa shape index (κ2) is 7.37. The normalized spacial score (nSPS) is 49.0. The zero-order valence-electron chi connectivity index (χ0n) is 19.6. The van der Waals surface area contributed by atoms with Crippen LogP contribution in [-0.4, -0.2) is 62.2 Å². The minimum atomic E-state index is -2.18. The lowest BCUT2D eigenvalue weighted by molar-refractivity contribution is -0.370. The highest BCUT2D eigenvalue weighted by Crippen LogP contribution is 2.67. The molecule has 3 aliphatic rings. The van der Waals surface area contributed by atoms with E-state index in [-0.39, 0.29) is 12.8 Å². The molecule has 3 rings (SSSR count). The molecule has 3 unspecified atom stereocenters. The Labute approximate surface area is 184 Å². The number of Topliss-reactive ketones (excluding diaryl/α,β-unsaturated/α-hetero) is 1. The van der Waals surface area contributed by atoms with E-state index in [0.717, 1.165) is 0 Å². The number of carbonyl (C=O) groups excluding carboxylic acids is 2. The number of hydrogen-bond acceptors (Lipinski definition) is 7. The maximum absolute atomic E-state index is 13.7. The van der Waals surface area contributed by atoms with Gasteiger partial charge in [0, 0.05) is 24.2 Å². The van der Waals surface area contributed by atoms with Crippen LogP contribution in [0.2, 0.25) is 0 Å². The van der Waals surface area contributed by atoms with Gasteiger partial charge in [-0.25, -0.2) is 0 Å². The molecule has 7 nitrogen and oxygen atoms in total. The topological polar surface area (TPSA) is 113 Å². The third kappa shape index (κ3) is 3.07. The van der Waals surface area contributed by atoms with E-state index >= 15 is 0 Å². The third-order valence-electron chi connectivity index (χ3n) is 8.44. The lowest BCUT2D eigenvalue weighted by Crippen LogP contribution is -2.86. The number of fused-ring (bicyclic) bond motifs is 3. The molecule has 8 atom stereocenters. The van der Waals surface area contributed by atoms with Crippen LogP contribution in [0.15, 0.2) is 12.7 Å². The summed E-state index contributed by atoms with van der Waals surface area (Å²) in [5.41, 5.74) is -7.02. The number of esters is 1. The molecule has 0 aromatic rings. The first-order valence-corrected chi connectivity index (χ1v) is 11.3. The van der Waals surface area contributed by atoms with Crippen LogP contribution in [0, 0.1) is 16.7 Å². The van der Waals surface area contributed by atoms with Crippen molar-refractivity contribution in [1.82, 2.24) is 0 Å². The van der Waals surface area contributed by atoms with Gasteiger partial charge in [-0.1, -0.05) is 33.8 Å². The van der Waals surface area contributed by atoms with Crippen molar-refractivity contribution in [2.24, 2.45) is 16.7 Å². The fourth-order valence-corrected chi connectivity index (χ4v) is 6.88.